The Morgan fingerprint density at radius 2 is 1.68 bits per heavy atom. The minimum atomic E-state index is -4.83. The van der Waals surface area contributed by atoms with E-state index in [-0.39, 0.29) is 17.2 Å². The van der Waals surface area contributed by atoms with Gasteiger partial charge >= 0.3 is 6.18 Å². The highest BCUT2D eigenvalue weighted by molar-refractivity contribution is 6.30. The van der Waals surface area contributed by atoms with Gasteiger partial charge < -0.3 is 5.32 Å². The molecular weight excluding hydrogens is 360 g/mol. The summed E-state index contributed by atoms with van der Waals surface area (Å²) >= 11 is 5.74. The van der Waals surface area contributed by atoms with Crippen LogP contribution in [0.15, 0.2) is 48.7 Å². The molecule has 0 radical (unpaired) electrons. The van der Waals surface area contributed by atoms with Crippen molar-refractivity contribution in [3.8, 4) is 11.5 Å². The summed E-state index contributed by atoms with van der Waals surface area (Å²) in [5, 5.41) is 1.54. The van der Waals surface area contributed by atoms with E-state index >= 15 is 0 Å². The summed E-state index contributed by atoms with van der Waals surface area (Å²) in [6.45, 7) is 0. The normalized spacial score (nSPS) is 11.4. The third kappa shape index (κ3) is 3.69. The van der Waals surface area contributed by atoms with E-state index in [0.717, 1.165) is 6.07 Å². The predicted molar refractivity (Wildman–Crippen MR) is 85.0 cm³/mol. The van der Waals surface area contributed by atoms with E-state index in [1.807, 2.05) is 0 Å². The minimum absolute atomic E-state index is 0.113. The lowest BCUT2D eigenvalue weighted by Crippen LogP contribution is -2.14. The van der Waals surface area contributed by atoms with Gasteiger partial charge in [0.25, 0.3) is 0 Å². The van der Waals surface area contributed by atoms with E-state index in [2.05, 4.69) is 20.3 Å². The van der Waals surface area contributed by atoms with Crippen LogP contribution in [0.25, 0.3) is 11.5 Å². The van der Waals surface area contributed by atoms with Gasteiger partial charge in [-0.25, -0.2) is 14.4 Å². The van der Waals surface area contributed by atoms with Gasteiger partial charge in [0, 0.05) is 6.20 Å². The summed E-state index contributed by atoms with van der Waals surface area (Å²) in [4.78, 5) is 11.5. The molecule has 0 fully saturated rings. The number of anilines is 2. The van der Waals surface area contributed by atoms with Crippen molar-refractivity contribution in [2.24, 2.45) is 0 Å². The van der Waals surface area contributed by atoms with E-state index in [9.17, 15) is 17.6 Å². The number of aromatic nitrogens is 3. The fourth-order valence-corrected chi connectivity index (χ4v) is 2.35. The van der Waals surface area contributed by atoms with Gasteiger partial charge in [-0.3, -0.25) is 4.98 Å². The number of nitrogens with zero attached hydrogens (tertiary/aromatic N) is 3. The Morgan fingerprint density at radius 3 is 2.32 bits per heavy atom. The molecule has 0 aliphatic carbocycles. The molecule has 0 spiro atoms. The molecule has 3 rings (SSSR count). The average molecular weight is 369 g/mol. The molecule has 0 saturated heterocycles. The van der Waals surface area contributed by atoms with Crippen LogP contribution >= 0.6 is 11.6 Å². The first-order chi connectivity index (χ1) is 11.9. The molecule has 0 aliphatic heterocycles. The maximum atomic E-state index is 13.8. The largest absolute Gasteiger partial charge is 0.422 e. The van der Waals surface area contributed by atoms with E-state index in [0.29, 0.717) is 0 Å². The Bertz CT molecular complexity index is 900. The zero-order chi connectivity index (χ0) is 18.0. The Balaban J connectivity index is 2.16. The highest BCUT2D eigenvalue weighted by Gasteiger charge is 2.39. The quantitative estimate of drug-likeness (QED) is 0.516. The number of rotatable bonds is 3. The van der Waals surface area contributed by atoms with Gasteiger partial charge in [-0.2, -0.15) is 13.2 Å². The molecule has 0 unspecified atom stereocenters. The second-order valence-electron chi connectivity index (χ2n) is 4.88. The summed E-state index contributed by atoms with van der Waals surface area (Å²) in [6.07, 6.45) is -3.39. The van der Waals surface area contributed by atoms with E-state index < -0.39 is 28.5 Å². The minimum Gasteiger partial charge on any atom is -0.337 e. The summed E-state index contributed by atoms with van der Waals surface area (Å²) in [5.41, 5.74) is -1.22. The van der Waals surface area contributed by atoms with Crippen molar-refractivity contribution in [1.29, 1.82) is 0 Å². The summed E-state index contributed by atoms with van der Waals surface area (Å²) in [6, 6.07) is 10.1. The molecule has 0 aliphatic rings. The molecular formula is C16H9ClF4N4. The third-order valence-corrected chi connectivity index (χ3v) is 3.44. The monoisotopic (exact) mass is 368 g/mol. The van der Waals surface area contributed by atoms with Crippen molar-refractivity contribution >= 4 is 23.1 Å². The van der Waals surface area contributed by atoms with Gasteiger partial charge in [-0.15, -0.1) is 0 Å². The van der Waals surface area contributed by atoms with Gasteiger partial charge in [0.2, 0.25) is 0 Å². The standard InChI is InChI=1S/C16H9ClF4N4/c17-13-12(16(19,20)21)15(23-10-6-2-1-5-9(10)18)25-14(24-13)11-7-3-4-8-22-11/h1-8H,(H,23,24,25). The van der Waals surface area contributed by atoms with Crippen LogP contribution < -0.4 is 5.32 Å². The van der Waals surface area contributed by atoms with E-state index in [4.69, 9.17) is 11.6 Å². The summed E-state index contributed by atoms with van der Waals surface area (Å²) in [5.74, 6) is -1.50. The molecule has 1 N–H and O–H groups in total. The lowest BCUT2D eigenvalue weighted by molar-refractivity contribution is -0.137. The molecule has 128 valence electrons. The van der Waals surface area contributed by atoms with E-state index in [1.54, 1.807) is 12.1 Å². The Hall–Kier alpha value is -2.74. The molecule has 25 heavy (non-hydrogen) atoms. The van der Waals surface area contributed by atoms with Crippen LogP contribution in [0.2, 0.25) is 5.15 Å². The van der Waals surface area contributed by atoms with Crippen LogP contribution in [0.3, 0.4) is 0 Å². The number of benzene rings is 1. The second-order valence-corrected chi connectivity index (χ2v) is 5.24. The Morgan fingerprint density at radius 1 is 0.960 bits per heavy atom. The zero-order valence-electron chi connectivity index (χ0n) is 12.4. The lowest BCUT2D eigenvalue weighted by Gasteiger charge is -2.16. The van der Waals surface area contributed by atoms with Crippen molar-refractivity contribution in [3.63, 3.8) is 0 Å². The first kappa shape index (κ1) is 17.1. The van der Waals surface area contributed by atoms with Gasteiger partial charge in [-0.05, 0) is 24.3 Å². The smallest absolute Gasteiger partial charge is 0.337 e. The van der Waals surface area contributed by atoms with Crippen LogP contribution in [0, 0.1) is 5.82 Å². The first-order valence-electron chi connectivity index (χ1n) is 6.94. The molecule has 0 bridgehead atoms. The summed E-state index contributed by atoms with van der Waals surface area (Å²) in [7, 11) is 0. The van der Waals surface area contributed by atoms with Crippen molar-refractivity contribution in [2.75, 3.05) is 5.32 Å². The Kier molecular flexibility index (Phi) is 4.54. The maximum absolute atomic E-state index is 13.8. The van der Waals surface area contributed by atoms with E-state index in [1.165, 1.54) is 30.5 Å². The fraction of sp³-hybridized carbons (Fsp3) is 0.0625. The molecule has 4 nitrogen and oxygen atoms in total. The number of pyridine rings is 1. The molecule has 0 atom stereocenters. The molecule has 9 heteroatoms. The van der Waals surface area contributed by atoms with Crippen molar-refractivity contribution in [1.82, 2.24) is 15.0 Å². The fourth-order valence-electron chi connectivity index (χ4n) is 2.07. The average Bonchev–Trinajstić information content (AvgIpc) is 2.56. The number of nitrogens with one attached hydrogen (secondary N) is 1. The highest BCUT2D eigenvalue weighted by atomic mass is 35.5. The number of hydrogen-bond acceptors (Lipinski definition) is 4. The van der Waals surface area contributed by atoms with Crippen molar-refractivity contribution in [2.45, 2.75) is 6.18 Å². The zero-order valence-corrected chi connectivity index (χ0v) is 13.1. The van der Waals surface area contributed by atoms with Crippen molar-refractivity contribution in [3.05, 3.63) is 65.2 Å². The van der Waals surface area contributed by atoms with Crippen LogP contribution in [-0.2, 0) is 6.18 Å². The van der Waals surface area contributed by atoms with Crippen molar-refractivity contribution < 1.29 is 17.6 Å². The molecule has 2 heterocycles. The first-order valence-corrected chi connectivity index (χ1v) is 7.32. The van der Waals surface area contributed by atoms with Crippen LogP contribution in [0.1, 0.15) is 5.56 Å². The van der Waals surface area contributed by atoms with Crippen LogP contribution in [0.5, 0.6) is 0 Å². The van der Waals surface area contributed by atoms with Gasteiger partial charge in [0.1, 0.15) is 28.0 Å². The van der Waals surface area contributed by atoms with Gasteiger partial charge in [0.15, 0.2) is 5.82 Å². The lowest BCUT2D eigenvalue weighted by atomic mass is 10.2. The van der Waals surface area contributed by atoms with Crippen LogP contribution in [0.4, 0.5) is 29.1 Å². The highest BCUT2D eigenvalue weighted by Crippen LogP contribution is 2.40. The molecule has 3 aromatic rings. The Labute approximate surface area is 144 Å². The van der Waals surface area contributed by atoms with Crippen LogP contribution in [-0.4, -0.2) is 15.0 Å². The van der Waals surface area contributed by atoms with Gasteiger partial charge in [0.05, 0.1) is 5.69 Å². The topological polar surface area (TPSA) is 50.7 Å². The molecule has 0 amide bonds. The number of halogens is 5. The maximum Gasteiger partial charge on any atom is 0.422 e. The molecule has 1 aromatic carbocycles. The SMILES string of the molecule is Fc1ccccc1Nc1nc(-c2ccccn2)nc(Cl)c1C(F)(F)F. The number of hydrogen-bond donors (Lipinski definition) is 1. The second kappa shape index (κ2) is 6.64. The molecule has 2 aromatic heterocycles. The third-order valence-electron chi connectivity index (χ3n) is 3.17. The number of para-hydroxylation sites is 1. The predicted octanol–water partition coefficient (Wildman–Crippen LogP) is 5.09. The molecule has 0 saturated carbocycles. The summed E-state index contributed by atoms with van der Waals surface area (Å²) < 4.78 is 53.8. The number of alkyl halides is 3. The van der Waals surface area contributed by atoms with Gasteiger partial charge in [-0.1, -0.05) is 29.8 Å².